The molecule has 1 aromatic heterocycles. The topological polar surface area (TPSA) is 126 Å². The molecule has 3 aromatic rings. The molecule has 1 saturated carbocycles. The number of non-ortho nitro benzene ring substituents is 1. The Morgan fingerprint density at radius 3 is 2.38 bits per heavy atom. The summed E-state index contributed by atoms with van der Waals surface area (Å²) in [5.74, 6) is -0.287. The molecule has 1 atom stereocenters. The number of anilines is 1. The molecule has 1 heterocycles. The fourth-order valence-electron chi connectivity index (χ4n) is 3.85. The summed E-state index contributed by atoms with van der Waals surface area (Å²) in [5.41, 5.74) is 2.25. The van der Waals surface area contributed by atoms with Gasteiger partial charge in [0.1, 0.15) is 6.04 Å². The SMILES string of the molecule is O=C(Nc1ccc([N+](=O)[O-])cc1)N[C@H](Cc1cccnc1)C(=O)NCC1(c2ccccc2)CC1. The quantitative estimate of drug-likeness (QED) is 0.333. The number of amides is 3. The molecule has 174 valence electrons. The summed E-state index contributed by atoms with van der Waals surface area (Å²) < 4.78 is 0. The molecule has 0 spiro atoms. The van der Waals surface area contributed by atoms with E-state index in [-0.39, 0.29) is 23.4 Å². The molecule has 0 aliphatic heterocycles. The Morgan fingerprint density at radius 1 is 1.03 bits per heavy atom. The van der Waals surface area contributed by atoms with Crippen LogP contribution in [0.15, 0.2) is 79.1 Å². The Kier molecular flexibility index (Phi) is 6.82. The van der Waals surface area contributed by atoms with Crippen LogP contribution in [0.2, 0.25) is 0 Å². The number of nitrogens with one attached hydrogen (secondary N) is 3. The minimum atomic E-state index is -0.825. The number of nitro groups is 1. The minimum Gasteiger partial charge on any atom is -0.353 e. The molecule has 1 aliphatic rings. The van der Waals surface area contributed by atoms with Gasteiger partial charge in [-0.1, -0.05) is 36.4 Å². The van der Waals surface area contributed by atoms with E-state index in [1.54, 1.807) is 18.5 Å². The molecule has 0 unspecified atom stereocenters. The Bertz CT molecular complexity index is 1150. The average molecular weight is 460 g/mol. The van der Waals surface area contributed by atoms with Gasteiger partial charge in [0, 0.05) is 48.6 Å². The van der Waals surface area contributed by atoms with E-state index in [0.717, 1.165) is 18.4 Å². The van der Waals surface area contributed by atoms with Crippen LogP contribution in [0, 0.1) is 10.1 Å². The number of nitro benzene ring substituents is 1. The van der Waals surface area contributed by atoms with E-state index < -0.39 is 17.0 Å². The zero-order valence-corrected chi connectivity index (χ0v) is 18.4. The van der Waals surface area contributed by atoms with Crippen LogP contribution in [-0.2, 0) is 16.6 Å². The molecule has 0 bridgehead atoms. The van der Waals surface area contributed by atoms with Crippen LogP contribution in [0.1, 0.15) is 24.0 Å². The zero-order chi connectivity index (χ0) is 24.0. The summed E-state index contributed by atoms with van der Waals surface area (Å²) >= 11 is 0. The van der Waals surface area contributed by atoms with Gasteiger partial charge in [-0.3, -0.25) is 19.9 Å². The highest BCUT2D eigenvalue weighted by atomic mass is 16.6. The molecular weight excluding hydrogens is 434 g/mol. The number of carbonyl (C=O) groups excluding carboxylic acids is 2. The number of nitrogens with zero attached hydrogens (tertiary/aromatic N) is 2. The molecule has 34 heavy (non-hydrogen) atoms. The third-order valence-electron chi connectivity index (χ3n) is 5.96. The second-order valence-corrected chi connectivity index (χ2v) is 8.38. The van der Waals surface area contributed by atoms with E-state index >= 15 is 0 Å². The van der Waals surface area contributed by atoms with Gasteiger partial charge in [0.15, 0.2) is 0 Å². The minimum absolute atomic E-state index is 0.0587. The number of hydrogen-bond donors (Lipinski definition) is 3. The summed E-state index contributed by atoms with van der Waals surface area (Å²) in [6.07, 6.45) is 5.56. The molecule has 9 nitrogen and oxygen atoms in total. The van der Waals surface area contributed by atoms with Crippen LogP contribution in [-0.4, -0.2) is 34.4 Å². The van der Waals surface area contributed by atoms with Crippen LogP contribution in [0.3, 0.4) is 0 Å². The lowest BCUT2D eigenvalue weighted by Gasteiger charge is -2.22. The standard InChI is InChI=1S/C25H25N5O4/c31-23(27-17-25(12-13-25)19-6-2-1-3-7-19)22(15-18-5-4-14-26-16-18)29-24(32)28-20-8-10-21(11-9-20)30(33)34/h1-11,14,16,22H,12-13,15,17H2,(H,27,31)(H2,28,29,32)/t22-/m1/s1. The summed E-state index contributed by atoms with van der Waals surface area (Å²) in [4.78, 5) is 40.1. The van der Waals surface area contributed by atoms with Crippen molar-refractivity contribution in [3.8, 4) is 0 Å². The van der Waals surface area contributed by atoms with Crippen LogP contribution >= 0.6 is 0 Å². The molecular formula is C25H25N5O4. The van der Waals surface area contributed by atoms with Gasteiger partial charge in [0.2, 0.25) is 5.91 Å². The van der Waals surface area contributed by atoms with Crippen molar-refractivity contribution >= 4 is 23.3 Å². The maximum absolute atomic E-state index is 13.1. The van der Waals surface area contributed by atoms with Crippen molar-refractivity contribution in [3.63, 3.8) is 0 Å². The second kappa shape index (κ2) is 10.1. The Hall–Kier alpha value is -4.27. The van der Waals surface area contributed by atoms with E-state index in [9.17, 15) is 19.7 Å². The van der Waals surface area contributed by atoms with Crippen molar-refractivity contribution in [2.75, 3.05) is 11.9 Å². The van der Waals surface area contributed by atoms with Crippen LogP contribution in [0.4, 0.5) is 16.2 Å². The second-order valence-electron chi connectivity index (χ2n) is 8.38. The summed E-state index contributed by atoms with van der Waals surface area (Å²) in [5, 5.41) is 19.2. The predicted molar refractivity (Wildman–Crippen MR) is 127 cm³/mol. The van der Waals surface area contributed by atoms with Crippen LogP contribution in [0.5, 0.6) is 0 Å². The number of carbonyl (C=O) groups is 2. The van der Waals surface area contributed by atoms with Gasteiger partial charge in [-0.15, -0.1) is 0 Å². The fourth-order valence-corrected chi connectivity index (χ4v) is 3.85. The highest BCUT2D eigenvalue weighted by Crippen LogP contribution is 2.47. The maximum atomic E-state index is 13.1. The monoisotopic (exact) mass is 459 g/mol. The van der Waals surface area contributed by atoms with Gasteiger partial charge < -0.3 is 16.0 Å². The van der Waals surface area contributed by atoms with Gasteiger partial charge in [0.25, 0.3) is 5.69 Å². The number of hydrogen-bond acceptors (Lipinski definition) is 5. The van der Waals surface area contributed by atoms with Crippen LogP contribution in [0.25, 0.3) is 0 Å². The largest absolute Gasteiger partial charge is 0.353 e. The summed E-state index contributed by atoms with van der Waals surface area (Å²) in [6, 6.07) is 17.8. The lowest BCUT2D eigenvalue weighted by Crippen LogP contribution is -2.50. The van der Waals surface area contributed by atoms with Crippen LogP contribution < -0.4 is 16.0 Å². The van der Waals surface area contributed by atoms with Crippen molar-refractivity contribution in [1.82, 2.24) is 15.6 Å². The molecule has 0 radical (unpaired) electrons. The van der Waals surface area contributed by atoms with Gasteiger partial charge in [-0.25, -0.2) is 4.79 Å². The molecule has 0 saturated heterocycles. The summed E-state index contributed by atoms with van der Waals surface area (Å²) in [6.45, 7) is 0.491. The average Bonchev–Trinajstić information content (AvgIpc) is 3.65. The molecule has 9 heteroatoms. The first-order chi connectivity index (χ1) is 16.4. The normalized spacial score (nSPS) is 14.5. The van der Waals surface area contributed by atoms with Crippen molar-refractivity contribution in [2.45, 2.75) is 30.7 Å². The molecule has 4 rings (SSSR count). The Morgan fingerprint density at radius 2 is 1.76 bits per heavy atom. The van der Waals surface area contributed by atoms with Gasteiger partial charge >= 0.3 is 6.03 Å². The summed E-state index contributed by atoms with van der Waals surface area (Å²) in [7, 11) is 0. The first kappa shape index (κ1) is 22.9. The lowest BCUT2D eigenvalue weighted by atomic mass is 9.96. The predicted octanol–water partition coefficient (Wildman–Crippen LogP) is 3.57. The number of aromatic nitrogens is 1. The lowest BCUT2D eigenvalue weighted by molar-refractivity contribution is -0.384. The fraction of sp³-hybridized carbons (Fsp3) is 0.240. The zero-order valence-electron chi connectivity index (χ0n) is 18.4. The van der Waals surface area contributed by atoms with Gasteiger partial charge in [-0.05, 0) is 42.2 Å². The highest BCUT2D eigenvalue weighted by Gasteiger charge is 2.44. The first-order valence-corrected chi connectivity index (χ1v) is 11.0. The number of pyridine rings is 1. The molecule has 1 aliphatic carbocycles. The molecule has 2 aromatic carbocycles. The Balaban J connectivity index is 1.41. The van der Waals surface area contributed by atoms with Crippen molar-refractivity contribution < 1.29 is 14.5 Å². The van der Waals surface area contributed by atoms with Crippen molar-refractivity contribution in [2.24, 2.45) is 0 Å². The van der Waals surface area contributed by atoms with E-state index in [1.807, 2.05) is 24.3 Å². The third kappa shape index (κ3) is 5.74. The van der Waals surface area contributed by atoms with Crippen molar-refractivity contribution in [3.05, 3.63) is 100 Å². The number of rotatable bonds is 9. The Labute approximate surface area is 196 Å². The van der Waals surface area contributed by atoms with E-state index in [1.165, 1.54) is 29.8 Å². The number of benzene rings is 2. The van der Waals surface area contributed by atoms with E-state index in [4.69, 9.17) is 0 Å². The van der Waals surface area contributed by atoms with Gasteiger partial charge in [-0.2, -0.15) is 0 Å². The van der Waals surface area contributed by atoms with Gasteiger partial charge in [0.05, 0.1) is 4.92 Å². The highest BCUT2D eigenvalue weighted by molar-refractivity contribution is 5.94. The number of urea groups is 1. The molecule has 1 fully saturated rings. The maximum Gasteiger partial charge on any atom is 0.319 e. The first-order valence-electron chi connectivity index (χ1n) is 11.0. The smallest absolute Gasteiger partial charge is 0.319 e. The van der Waals surface area contributed by atoms with E-state index in [2.05, 4.69) is 33.1 Å². The van der Waals surface area contributed by atoms with E-state index in [0.29, 0.717) is 12.2 Å². The van der Waals surface area contributed by atoms with Crippen molar-refractivity contribution in [1.29, 1.82) is 0 Å². The molecule has 3 N–H and O–H groups in total. The molecule has 3 amide bonds. The third-order valence-corrected chi connectivity index (χ3v) is 5.96.